The molecule has 0 N–H and O–H groups in total. The first kappa shape index (κ1) is 21.6. The Morgan fingerprint density at radius 3 is 2.20 bits per heavy atom. The van der Waals surface area contributed by atoms with Gasteiger partial charge in [-0.25, -0.2) is 0 Å². The molecular formula is C31H33NO3. The van der Waals surface area contributed by atoms with E-state index in [0.29, 0.717) is 23.1 Å². The molecule has 1 heterocycles. The van der Waals surface area contributed by atoms with Crippen LogP contribution in [0.1, 0.15) is 43.7 Å². The second kappa shape index (κ2) is 7.42. The van der Waals surface area contributed by atoms with E-state index in [4.69, 9.17) is 9.47 Å². The Kier molecular flexibility index (Phi) is 4.58. The second-order valence-corrected chi connectivity index (χ2v) is 11.6. The third-order valence-corrected chi connectivity index (χ3v) is 9.29. The van der Waals surface area contributed by atoms with E-state index in [1.165, 1.54) is 25.7 Å². The summed E-state index contributed by atoms with van der Waals surface area (Å²) in [6, 6.07) is 19.9. The van der Waals surface area contributed by atoms with Crippen molar-refractivity contribution in [3.05, 3.63) is 77.0 Å². The molecule has 0 radical (unpaired) electrons. The van der Waals surface area contributed by atoms with Crippen LogP contribution in [-0.2, 0) is 4.74 Å². The molecule has 3 aromatic carbocycles. The van der Waals surface area contributed by atoms with E-state index in [0.717, 1.165) is 51.2 Å². The highest BCUT2D eigenvalue weighted by molar-refractivity contribution is 5.98. The van der Waals surface area contributed by atoms with Gasteiger partial charge >= 0.3 is 0 Å². The maximum absolute atomic E-state index is 14.6. The highest BCUT2D eigenvalue weighted by Crippen LogP contribution is 2.72. The summed E-state index contributed by atoms with van der Waals surface area (Å²) >= 11 is 0. The van der Waals surface area contributed by atoms with Gasteiger partial charge in [-0.1, -0.05) is 31.2 Å². The van der Waals surface area contributed by atoms with Crippen molar-refractivity contribution in [2.75, 3.05) is 6.79 Å². The lowest BCUT2D eigenvalue weighted by Gasteiger charge is -2.39. The maximum Gasteiger partial charge on any atom is 0.189 e. The van der Waals surface area contributed by atoms with Crippen molar-refractivity contribution < 1.29 is 9.47 Å². The van der Waals surface area contributed by atoms with Crippen LogP contribution >= 0.6 is 0 Å². The van der Waals surface area contributed by atoms with Gasteiger partial charge in [-0.2, -0.15) is 0 Å². The summed E-state index contributed by atoms with van der Waals surface area (Å²) in [5.41, 5.74) is 6.81. The highest BCUT2D eigenvalue weighted by atomic mass is 16.7. The number of benzene rings is 3. The van der Waals surface area contributed by atoms with Crippen LogP contribution in [0.3, 0.4) is 0 Å². The Balaban J connectivity index is 1.15. The number of fused-ring (bicyclic) bond motifs is 4. The van der Waals surface area contributed by atoms with E-state index in [1.807, 2.05) is 74.5 Å². The summed E-state index contributed by atoms with van der Waals surface area (Å²) in [5.74, 6) is 3.10. The van der Waals surface area contributed by atoms with Crippen molar-refractivity contribution in [2.24, 2.45) is 23.2 Å². The van der Waals surface area contributed by atoms with Gasteiger partial charge in [0.05, 0.1) is 6.10 Å². The van der Waals surface area contributed by atoms with Gasteiger partial charge in [-0.05, 0) is 86.0 Å². The van der Waals surface area contributed by atoms with E-state index >= 15 is 0 Å². The number of ether oxygens (including phenoxy) is 2. The van der Waals surface area contributed by atoms with Crippen LogP contribution in [0.4, 0.5) is 17.1 Å². The van der Waals surface area contributed by atoms with Gasteiger partial charge in [0.25, 0.3) is 0 Å². The second-order valence-electron chi connectivity index (χ2n) is 11.6. The third kappa shape index (κ3) is 3.03. The molecule has 3 fully saturated rings. The van der Waals surface area contributed by atoms with Gasteiger partial charge in [-0.3, -0.25) is 4.65 Å². The average molecular weight is 468 g/mol. The van der Waals surface area contributed by atoms with Gasteiger partial charge < -0.3 is 14.7 Å². The van der Waals surface area contributed by atoms with Crippen LogP contribution in [0.25, 0.3) is 11.1 Å². The van der Waals surface area contributed by atoms with E-state index in [9.17, 15) is 5.21 Å². The molecule has 0 aromatic heterocycles. The molecule has 5 unspecified atom stereocenters. The lowest BCUT2D eigenvalue weighted by Crippen LogP contribution is -2.29. The van der Waals surface area contributed by atoms with Crippen LogP contribution < -0.4 is 9.38 Å². The molecule has 5 atom stereocenters. The number of hydrogen-bond acceptors (Lipinski definition) is 3. The minimum absolute atomic E-state index is 0.284. The smallest absolute Gasteiger partial charge is 0.189 e. The average Bonchev–Trinajstić information content (AvgIpc) is 3.37. The molecule has 0 amide bonds. The van der Waals surface area contributed by atoms with Gasteiger partial charge in [0.1, 0.15) is 11.4 Å². The molecule has 3 aliphatic carbocycles. The fraction of sp³-hybridized carbons (Fsp3) is 0.419. The van der Waals surface area contributed by atoms with Crippen LogP contribution in [0.2, 0.25) is 0 Å². The Labute approximate surface area is 207 Å². The Morgan fingerprint density at radius 2 is 1.54 bits per heavy atom. The summed E-state index contributed by atoms with van der Waals surface area (Å²) in [6.45, 7) is 6.75. The molecule has 180 valence electrons. The predicted octanol–water partition coefficient (Wildman–Crippen LogP) is 7.93. The minimum Gasteiger partial charge on any atom is -0.616 e. The Bertz CT molecular complexity index is 1260. The first-order valence-corrected chi connectivity index (χ1v) is 13.1. The van der Waals surface area contributed by atoms with Gasteiger partial charge in [-0.15, -0.1) is 0 Å². The van der Waals surface area contributed by atoms with Crippen molar-refractivity contribution in [3.8, 4) is 16.9 Å². The summed E-state index contributed by atoms with van der Waals surface area (Å²) < 4.78 is 12.0. The topological polar surface area (TPSA) is 41.5 Å². The fourth-order valence-corrected chi connectivity index (χ4v) is 8.00. The molecule has 3 saturated carbocycles. The molecule has 35 heavy (non-hydrogen) atoms. The molecule has 0 saturated heterocycles. The number of aryl methyl sites for hydroxylation is 2. The Morgan fingerprint density at radius 1 is 0.914 bits per heavy atom. The standard InChI is InChI=1S/C31H33NO3/c1-19-12-22-16-31(15-19)17-26(31)30(22)35-18-34-29-20(2)13-23(14-21(29)3)32(33)27-10-6-4-8-24(27)25-9-5-7-11-28(25)32/h4-11,13-14,19,22,26,30H,12,15-18H2,1-3H3. The summed E-state index contributed by atoms with van der Waals surface area (Å²) in [5, 5.41) is 14.6. The van der Waals surface area contributed by atoms with E-state index in [1.54, 1.807) is 0 Å². The van der Waals surface area contributed by atoms with Crippen LogP contribution in [0.15, 0.2) is 60.7 Å². The zero-order chi connectivity index (χ0) is 23.9. The zero-order valence-corrected chi connectivity index (χ0v) is 20.8. The van der Waals surface area contributed by atoms with Gasteiger partial charge in [0, 0.05) is 35.4 Å². The fourth-order valence-electron chi connectivity index (χ4n) is 8.00. The molecule has 1 aliphatic heterocycles. The summed E-state index contributed by atoms with van der Waals surface area (Å²) in [4.78, 5) is 0. The number of para-hydroxylation sites is 2. The quantitative estimate of drug-likeness (QED) is 0.217. The van der Waals surface area contributed by atoms with Crippen molar-refractivity contribution in [3.63, 3.8) is 0 Å². The first-order chi connectivity index (χ1) is 16.9. The third-order valence-electron chi connectivity index (χ3n) is 9.29. The lowest BCUT2D eigenvalue weighted by atomic mass is 9.77. The molecule has 4 aliphatic rings. The molecule has 2 bridgehead atoms. The highest BCUT2D eigenvalue weighted by Gasteiger charge is 2.67. The largest absolute Gasteiger partial charge is 0.616 e. The first-order valence-electron chi connectivity index (χ1n) is 13.1. The van der Waals surface area contributed by atoms with Crippen LogP contribution in [0, 0.1) is 42.2 Å². The zero-order valence-electron chi connectivity index (χ0n) is 20.8. The molecule has 4 nitrogen and oxygen atoms in total. The van der Waals surface area contributed by atoms with Crippen LogP contribution in [0.5, 0.6) is 5.75 Å². The predicted molar refractivity (Wildman–Crippen MR) is 140 cm³/mol. The summed E-state index contributed by atoms with van der Waals surface area (Å²) in [6.07, 6.45) is 5.73. The van der Waals surface area contributed by atoms with Crippen molar-refractivity contribution >= 4 is 17.1 Å². The Hall–Kier alpha value is -2.66. The van der Waals surface area contributed by atoms with Gasteiger partial charge in [0.2, 0.25) is 0 Å². The van der Waals surface area contributed by atoms with E-state index in [2.05, 4.69) is 6.92 Å². The SMILES string of the molecule is Cc1cc([N+]2([O-])c3ccccc3-c3ccccc32)cc(C)c1OCOC1C2CC(C)CC3(C2)CC13. The lowest BCUT2D eigenvalue weighted by molar-refractivity contribution is -0.0650. The van der Waals surface area contributed by atoms with Gasteiger partial charge in [0.15, 0.2) is 18.2 Å². The van der Waals surface area contributed by atoms with Crippen molar-refractivity contribution in [1.82, 2.24) is 4.65 Å². The van der Waals surface area contributed by atoms with Crippen molar-refractivity contribution in [1.29, 1.82) is 0 Å². The number of quaternary nitrogens is 1. The number of hydrogen-bond donors (Lipinski definition) is 0. The molecule has 3 aromatic rings. The normalized spacial score (nSPS) is 31.0. The van der Waals surface area contributed by atoms with Crippen LogP contribution in [-0.4, -0.2) is 12.9 Å². The minimum atomic E-state index is -0.573. The summed E-state index contributed by atoms with van der Waals surface area (Å²) in [7, 11) is 0. The number of nitrogens with zero attached hydrogens (tertiary/aromatic N) is 1. The molecule has 4 heteroatoms. The molecule has 1 spiro atoms. The molecule has 7 rings (SSSR count). The van der Waals surface area contributed by atoms with E-state index < -0.39 is 4.65 Å². The van der Waals surface area contributed by atoms with Crippen molar-refractivity contribution in [2.45, 2.75) is 52.6 Å². The number of rotatable bonds is 5. The monoisotopic (exact) mass is 467 g/mol. The maximum atomic E-state index is 14.6. The molecular weight excluding hydrogens is 434 g/mol. The van der Waals surface area contributed by atoms with E-state index in [-0.39, 0.29) is 6.79 Å².